The lowest BCUT2D eigenvalue weighted by atomic mass is 10.1. The van der Waals surface area contributed by atoms with E-state index in [4.69, 9.17) is 5.73 Å². The van der Waals surface area contributed by atoms with Crippen molar-refractivity contribution < 1.29 is 18.0 Å². The zero-order valence-corrected chi connectivity index (χ0v) is 6.43. The summed E-state index contributed by atoms with van der Waals surface area (Å²) in [5.74, 6) is 0. The normalized spacial score (nSPS) is 11.3. The van der Waals surface area contributed by atoms with Gasteiger partial charge in [-0.15, -0.1) is 0 Å². The Morgan fingerprint density at radius 2 is 1.92 bits per heavy atom. The fourth-order valence-corrected chi connectivity index (χ4v) is 1.01. The SMILES string of the molecule is Nc1cccc(C=O)c1C(F)(F)F. The summed E-state index contributed by atoms with van der Waals surface area (Å²) in [7, 11) is 0. The number of anilines is 1. The summed E-state index contributed by atoms with van der Waals surface area (Å²) in [6, 6.07) is 3.48. The van der Waals surface area contributed by atoms with Crippen molar-refractivity contribution in [1.29, 1.82) is 0 Å². The van der Waals surface area contributed by atoms with E-state index in [9.17, 15) is 18.0 Å². The molecule has 0 atom stereocenters. The molecular weight excluding hydrogens is 183 g/mol. The van der Waals surface area contributed by atoms with Crippen LogP contribution in [0.25, 0.3) is 0 Å². The van der Waals surface area contributed by atoms with Gasteiger partial charge in [0, 0.05) is 11.3 Å². The van der Waals surface area contributed by atoms with E-state index < -0.39 is 23.0 Å². The van der Waals surface area contributed by atoms with Gasteiger partial charge in [-0.2, -0.15) is 13.2 Å². The minimum Gasteiger partial charge on any atom is -0.398 e. The monoisotopic (exact) mass is 189 g/mol. The molecule has 0 heterocycles. The van der Waals surface area contributed by atoms with Crippen molar-refractivity contribution in [2.45, 2.75) is 6.18 Å². The molecule has 0 aliphatic carbocycles. The number of nitrogens with two attached hydrogens (primary N) is 1. The molecule has 0 aliphatic rings. The fourth-order valence-electron chi connectivity index (χ4n) is 1.01. The van der Waals surface area contributed by atoms with Gasteiger partial charge >= 0.3 is 6.18 Å². The van der Waals surface area contributed by atoms with Gasteiger partial charge in [0.15, 0.2) is 6.29 Å². The Kier molecular flexibility index (Phi) is 2.27. The number of alkyl halides is 3. The summed E-state index contributed by atoms with van der Waals surface area (Å²) in [5, 5.41) is 0. The predicted octanol–water partition coefficient (Wildman–Crippen LogP) is 2.10. The largest absolute Gasteiger partial charge is 0.419 e. The Morgan fingerprint density at radius 3 is 2.31 bits per heavy atom. The third-order valence-corrected chi connectivity index (χ3v) is 1.54. The maximum absolute atomic E-state index is 12.3. The lowest BCUT2D eigenvalue weighted by Crippen LogP contribution is -2.12. The molecule has 0 saturated carbocycles. The molecule has 0 radical (unpaired) electrons. The van der Waals surface area contributed by atoms with E-state index in [1.165, 1.54) is 6.07 Å². The van der Waals surface area contributed by atoms with Crippen molar-refractivity contribution in [1.82, 2.24) is 0 Å². The summed E-state index contributed by atoms with van der Waals surface area (Å²) in [6.45, 7) is 0. The van der Waals surface area contributed by atoms with Crippen LogP contribution < -0.4 is 5.73 Å². The average Bonchev–Trinajstić information content (AvgIpc) is 2.01. The van der Waals surface area contributed by atoms with Crippen molar-refractivity contribution in [3.8, 4) is 0 Å². The van der Waals surface area contributed by atoms with Gasteiger partial charge < -0.3 is 5.73 Å². The number of carbonyl (C=O) groups excluding carboxylic acids is 1. The molecule has 0 aliphatic heterocycles. The van der Waals surface area contributed by atoms with Crippen LogP contribution in [0.2, 0.25) is 0 Å². The highest BCUT2D eigenvalue weighted by Crippen LogP contribution is 2.35. The van der Waals surface area contributed by atoms with E-state index in [0.717, 1.165) is 12.1 Å². The second kappa shape index (κ2) is 3.08. The lowest BCUT2D eigenvalue weighted by Gasteiger charge is -2.11. The molecule has 5 heteroatoms. The molecule has 0 fully saturated rings. The molecule has 2 N–H and O–H groups in total. The molecule has 0 aromatic heterocycles. The van der Waals surface area contributed by atoms with Crippen LogP contribution >= 0.6 is 0 Å². The first-order chi connectivity index (χ1) is 5.96. The number of carbonyl (C=O) groups is 1. The van der Waals surface area contributed by atoms with Crippen molar-refractivity contribution in [2.24, 2.45) is 0 Å². The summed E-state index contributed by atoms with van der Waals surface area (Å²) in [4.78, 5) is 10.3. The Balaban J connectivity index is 3.40. The third kappa shape index (κ3) is 1.80. The van der Waals surface area contributed by atoms with Crippen LogP contribution in [0, 0.1) is 0 Å². The van der Waals surface area contributed by atoms with Gasteiger partial charge in [0.1, 0.15) is 0 Å². The van der Waals surface area contributed by atoms with Crippen LogP contribution in [0.15, 0.2) is 18.2 Å². The molecule has 0 bridgehead atoms. The first-order valence-corrected chi connectivity index (χ1v) is 3.37. The van der Waals surface area contributed by atoms with E-state index in [1.54, 1.807) is 0 Å². The number of benzene rings is 1. The van der Waals surface area contributed by atoms with Crippen molar-refractivity contribution in [2.75, 3.05) is 5.73 Å². The Hall–Kier alpha value is -1.52. The third-order valence-electron chi connectivity index (χ3n) is 1.54. The summed E-state index contributed by atoms with van der Waals surface area (Å²) in [6.07, 6.45) is -4.44. The number of nitrogen functional groups attached to an aromatic ring is 1. The van der Waals surface area contributed by atoms with Gasteiger partial charge in [0.25, 0.3) is 0 Å². The van der Waals surface area contributed by atoms with Crippen LogP contribution in [0.5, 0.6) is 0 Å². The van der Waals surface area contributed by atoms with E-state index in [2.05, 4.69) is 0 Å². The summed E-state index contributed by atoms with van der Waals surface area (Å²) < 4.78 is 36.8. The van der Waals surface area contributed by atoms with Gasteiger partial charge in [-0.3, -0.25) is 4.79 Å². The quantitative estimate of drug-likeness (QED) is 0.543. The lowest BCUT2D eigenvalue weighted by molar-refractivity contribution is -0.137. The molecule has 70 valence electrons. The molecule has 1 aromatic carbocycles. The van der Waals surface area contributed by atoms with E-state index in [-0.39, 0.29) is 6.29 Å². The van der Waals surface area contributed by atoms with Gasteiger partial charge in [-0.05, 0) is 6.07 Å². The molecule has 0 amide bonds. The van der Waals surface area contributed by atoms with E-state index in [0.29, 0.717) is 0 Å². The van der Waals surface area contributed by atoms with Gasteiger partial charge in [0.05, 0.1) is 5.56 Å². The number of halogens is 3. The number of rotatable bonds is 1. The van der Waals surface area contributed by atoms with Crippen LogP contribution in [-0.2, 0) is 6.18 Å². The van der Waals surface area contributed by atoms with Crippen LogP contribution in [0.1, 0.15) is 15.9 Å². The molecule has 13 heavy (non-hydrogen) atoms. The maximum Gasteiger partial charge on any atom is 0.419 e. The van der Waals surface area contributed by atoms with Gasteiger partial charge in [-0.1, -0.05) is 12.1 Å². The molecular formula is C8H6F3NO. The van der Waals surface area contributed by atoms with E-state index >= 15 is 0 Å². The standard InChI is InChI=1S/C8H6F3NO/c9-8(10,11)7-5(4-13)2-1-3-6(7)12/h1-4H,12H2. The van der Waals surface area contributed by atoms with Gasteiger partial charge in [-0.25, -0.2) is 0 Å². The molecule has 1 aromatic rings. The summed E-state index contributed by atoms with van der Waals surface area (Å²) in [5.41, 5.74) is 3.17. The maximum atomic E-state index is 12.3. The highest BCUT2D eigenvalue weighted by Gasteiger charge is 2.35. The highest BCUT2D eigenvalue weighted by atomic mass is 19.4. The second-order valence-corrected chi connectivity index (χ2v) is 2.43. The molecule has 0 spiro atoms. The first-order valence-electron chi connectivity index (χ1n) is 3.37. The molecule has 2 nitrogen and oxygen atoms in total. The average molecular weight is 189 g/mol. The van der Waals surface area contributed by atoms with E-state index in [1.807, 2.05) is 0 Å². The topological polar surface area (TPSA) is 43.1 Å². The Labute approximate surface area is 72.2 Å². The number of aldehydes is 1. The highest BCUT2D eigenvalue weighted by molar-refractivity contribution is 5.80. The Bertz CT molecular complexity index is 333. The minimum absolute atomic E-state index is 0.138. The first kappa shape index (κ1) is 9.57. The predicted molar refractivity (Wildman–Crippen MR) is 41.2 cm³/mol. The van der Waals surface area contributed by atoms with Crippen LogP contribution in [0.3, 0.4) is 0 Å². The smallest absolute Gasteiger partial charge is 0.398 e. The van der Waals surface area contributed by atoms with Gasteiger partial charge in [0.2, 0.25) is 0 Å². The molecule has 1 rings (SSSR count). The summed E-state index contributed by atoms with van der Waals surface area (Å²) >= 11 is 0. The number of hydrogen-bond acceptors (Lipinski definition) is 2. The van der Waals surface area contributed by atoms with Crippen LogP contribution in [-0.4, -0.2) is 6.29 Å². The Morgan fingerprint density at radius 1 is 1.31 bits per heavy atom. The second-order valence-electron chi connectivity index (χ2n) is 2.43. The van der Waals surface area contributed by atoms with Crippen molar-refractivity contribution in [3.63, 3.8) is 0 Å². The van der Waals surface area contributed by atoms with Crippen molar-refractivity contribution >= 4 is 12.0 Å². The molecule has 0 unspecified atom stereocenters. The fraction of sp³-hybridized carbons (Fsp3) is 0.125. The minimum atomic E-state index is -4.58. The van der Waals surface area contributed by atoms with Crippen LogP contribution in [0.4, 0.5) is 18.9 Å². The molecule has 0 saturated heterocycles. The number of hydrogen-bond donors (Lipinski definition) is 1. The zero-order chi connectivity index (χ0) is 10.1. The van der Waals surface area contributed by atoms with Crippen molar-refractivity contribution in [3.05, 3.63) is 29.3 Å². The zero-order valence-electron chi connectivity index (χ0n) is 6.43.